The monoisotopic (exact) mass is 285 g/mol. The summed E-state index contributed by atoms with van der Waals surface area (Å²) in [5, 5.41) is 2.97. The van der Waals surface area contributed by atoms with E-state index in [1.54, 1.807) is 19.9 Å². The Morgan fingerprint density at radius 3 is 2.37 bits per heavy atom. The Morgan fingerprint density at radius 1 is 1.37 bits per heavy atom. The van der Waals surface area contributed by atoms with E-state index >= 15 is 0 Å². The number of nitrogens with two attached hydrogens (primary N) is 2. The Morgan fingerprint density at radius 2 is 1.95 bits per heavy atom. The van der Waals surface area contributed by atoms with Crippen LogP contribution >= 0.6 is 0 Å². The molecule has 106 valence electrons. The second-order valence-electron chi connectivity index (χ2n) is 5.05. The molecule has 7 heteroatoms. The largest absolute Gasteiger partial charge is 0.397 e. The van der Waals surface area contributed by atoms with Gasteiger partial charge < -0.3 is 16.8 Å². The molecule has 0 radical (unpaired) electrons. The minimum Gasteiger partial charge on any atom is -0.397 e. The van der Waals surface area contributed by atoms with E-state index in [1.807, 2.05) is 0 Å². The molecule has 0 heterocycles. The fourth-order valence-electron chi connectivity index (χ4n) is 1.32. The van der Waals surface area contributed by atoms with E-state index in [4.69, 9.17) is 11.5 Å². The van der Waals surface area contributed by atoms with E-state index in [-0.39, 0.29) is 6.54 Å². The van der Waals surface area contributed by atoms with E-state index < -0.39 is 20.5 Å². The zero-order valence-electron chi connectivity index (χ0n) is 11.2. The van der Waals surface area contributed by atoms with Crippen molar-refractivity contribution < 1.29 is 13.2 Å². The van der Waals surface area contributed by atoms with Gasteiger partial charge in [0.15, 0.2) is 9.84 Å². The molecule has 1 aromatic carbocycles. The molecule has 1 rings (SSSR count). The smallest absolute Gasteiger partial charge is 0.248 e. The van der Waals surface area contributed by atoms with Gasteiger partial charge in [0.25, 0.3) is 0 Å². The topological polar surface area (TPSA) is 115 Å². The Bertz CT molecular complexity index is 594. The quantitative estimate of drug-likeness (QED) is 0.685. The maximum Gasteiger partial charge on any atom is 0.248 e. The average Bonchev–Trinajstić information content (AvgIpc) is 2.25. The molecule has 0 atom stereocenters. The third-order valence-corrected chi connectivity index (χ3v) is 5.20. The number of amides is 1. The van der Waals surface area contributed by atoms with Crippen LogP contribution in [-0.4, -0.2) is 31.9 Å². The Kier molecular flexibility index (Phi) is 4.09. The number of nitrogens with one attached hydrogen (secondary N) is 1. The maximum absolute atomic E-state index is 11.6. The second-order valence-corrected chi connectivity index (χ2v) is 7.70. The van der Waals surface area contributed by atoms with Gasteiger partial charge in [-0.15, -0.1) is 0 Å². The minimum absolute atomic E-state index is 0.214. The zero-order chi connectivity index (χ0) is 14.8. The molecule has 0 saturated carbocycles. The van der Waals surface area contributed by atoms with Crippen LogP contribution in [0.2, 0.25) is 0 Å². The van der Waals surface area contributed by atoms with Crippen molar-refractivity contribution in [2.24, 2.45) is 5.73 Å². The van der Waals surface area contributed by atoms with Gasteiger partial charge in [-0.2, -0.15) is 0 Å². The Hall–Kier alpha value is -1.76. The summed E-state index contributed by atoms with van der Waals surface area (Å²) >= 11 is 0. The van der Waals surface area contributed by atoms with Gasteiger partial charge in [0.1, 0.15) is 0 Å². The molecular weight excluding hydrogens is 266 g/mol. The first-order valence-electron chi connectivity index (χ1n) is 5.67. The van der Waals surface area contributed by atoms with Crippen molar-refractivity contribution >= 4 is 27.1 Å². The fraction of sp³-hybridized carbons (Fsp3) is 0.417. The van der Waals surface area contributed by atoms with Gasteiger partial charge in [-0.25, -0.2) is 8.42 Å². The highest BCUT2D eigenvalue weighted by atomic mass is 32.2. The predicted molar refractivity (Wildman–Crippen MR) is 76.8 cm³/mol. The van der Waals surface area contributed by atoms with Crippen molar-refractivity contribution in [3.63, 3.8) is 0 Å². The van der Waals surface area contributed by atoms with Crippen molar-refractivity contribution in [3.8, 4) is 0 Å². The normalized spacial score (nSPS) is 12.2. The maximum atomic E-state index is 11.6. The van der Waals surface area contributed by atoms with Gasteiger partial charge in [0.05, 0.1) is 16.1 Å². The van der Waals surface area contributed by atoms with Gasteiger partial charge in [0.2, 0.25) is 5.91 Å². The summed E-state index contributed by atoms with van der Waals surface area (Å²) in [4.78, 5) is 11.0. The first-order valence-corrected chi connectivity index (χ1v) is 7.56. The summed E-state index contributed by atoms with van der Waals surface area (Å²) < 4.78 is 22.2. The number of nitrogen functional groups attached to an aromatic ring is 1. The number of carbonyl (C=O) groups is 1. The average molecular weight is 285 g/mol. The number of primary amides is 1. The molecule has 0 aliphatic carbocycles. The first kappa shape index (κ1) is 15.3. The molecule has 0 aliphatic rings. The van der Waals surface area contributed by atoms with E-state index in [0.29, 0.717) is 16.9 Å². The molecule has 0 fully saturated rings. The summed E-state index contributed by atoms with van der Waals surface area (Å²) in [6.45, 7) is 3.47. The van der Waals surface area contributed by atoms with Crippen LogP contribution in [0.15, 0.2) is 18.2 Å². The number of carbonyl (C=O) groups excluding carboxylic acids is 1. The molecule has 1 aromatic rings. The number of benzene rings is 1. The van der Waals surface area contributed by atoms with E-state index in [9.17, 15) is 13.2 Å². The molecule has 0 unspecified atom stereocenters. The number of hydrogen-bond donors (Lipinski definition) is 3. The van der Waals surface area contributed by atoms with Crippen LogP contribution < -0.4 is 16.8 Å². The van der Waals surface area contributed by atoms with Gasteiger partial charge >= 0.3 is 0 Å². The highest BCUT2D eigenvalue weighted by Crippen LogP contribution is 2.22. The van der Waals surface area contributed by atoms with E-state index in [1.165, 1.54) is 18.4 Å². The molecular formula is C12H19N3O3S. The molecule has 19 heavy (non-hydrogen) atoms. The van der Waals surface area contributed by atoms with Crippen molar-refractivity contribution in [1.29, 1.82) is 0 Å². The lowest BCUT2D eigenvalue weighted by atomic mass is 10.1. The van der Waals surface area contributed by atoms with E-state index in [0.717, 1.165) is 0 Å². The van der Waals surface area contributed by atoms with E-state index in [2.05, 4.69) is 5.32 Å². The Labute approximate surface area is 113 Å². The summed E-state index contributed by atoms with van der Waals surface area (Å²) in [6, 6.07) is 4.60. The highest BCUT2D eigenvalue weighted by Gasteiger charge is 2.29. The lowest BCUT2D eigenvalue weighted by Gasteiger charge is -2.24. The molecule has 0 saturated heterocycles. The minimum atomic E-state index is -3.18. The molecule has 0 aromatic heterocycles. The second kappa shape index (κ2) is 5.08. The molecule has 0 bridgehead atoms. The fourth-order valence-corrected chi connectivity index (χ4v) is 1.65. The van der Waals surface area contributed by atoms with Gasteiger partial charge in [-0.3, -0.25) is 4.79 Å². The Balaban J connectivity index is 2.88. The van der Waals surface area contributed by atoms with Crippen LogP contribution in [0.5, 0.6) is 0 Å². The summed E-state index contributed by atoms with van der Waals surface area (Å²) in [7, 11) is -3.18. The first-order chi connectivity index (χ1) is 8.54. The van der Waals surface area contributed by atoms with Crippen molar-refractivity contribution in [2.45, 2.75) is 18.6 Å². The zero-order valence-corrected chi connectivity index (χ0v) is 12.0. The molecule has 5 N–H and O–H groups in total. The van der Waals surface area contributed by atoms with Crippen LogP contribution in [0.3, 0.4) is 0 Å². The highest BCUT2D eigenvalue weighted by molar-refractivity contribution is 7.92. The lowest BCUT2D eigenvalue weighted by molar-refractivity contribution is 0.100. The van der Waals surface area contributed by atoms with Crippen LogP contribution in [0, 0.1) is 0 Å². The molecule has 6 nitrogen and oxygen atoms in total. The van der Waals surface area contributed by atoms with Crippen LogP contribution in [0.4, 0.5) is 11.4 Å². The number of hydrogen-bond acceptors (Lipinski definition) is 5. The van der Waals surface area contributed by atoms with Crippen LogP contribution in [0.1, 0.15) is 24.2 Å². The van der Waals surface area contributed by atoms with Crippen molar-refractivity contribution in [3.05, 3.63) is 23.8 Å². The number of anilines is 2. The third kappa shape index (κ3) is 3.60. The van der Waals surface area contributed by atoms with Crippen molar-refractivity contribution in [2.75, 3.05) is 23.9 Å². The summed E-state index contributed by atoms with van der Waals surface area (Å²) in [5.74, 6) is -0.560. The van der Waals surface area contributed by atoms with Gasteiger partial charge in [-0.1, -0.05) is 0 Å². The standard InChI is InChI=1S/C12H19N3O3S/c1-12(2,19(3,17)18)7-15-10-5-4-8(11(14)16)6-9(10)13/h4-6,15H,7,13H2,1-3H3,(H2,14,16). The van der Waals surface area contributed by atoms with Crippen molar-refractivity contribution in [1.82, 2.24) is 0 Å². The number of sulfone groups is 1. The molecule has 0 aliphatic heterocycles. The number of rotatable bonds is 5. The van der Waals surface area contributed by atoms with Gasteiger partial charge in [0, 0.05) is 18.4 Å². The lowest BCUT2D eigenvalue weighted by Crippen LogP contribution is -2.38. The predicted octanol–water partition coefficient (Wildman–Crippen LogP) is 0.603. The molecule has 1 amide bonds. The summed E-state index contributed by atoms with van der Waals surface area (Å²) in [5.41, 5.74) is 12.1. The SMILES string of the molecule is CC(C)(CNc1ccc(C(N)=O)cc1N)S(C)(=O)=O. The third-order valence-electron chi connectivity index (χ3n) is 3.04. The van der Waals surface area contributed by atoms with Crippen LogP contribution in [0.25, 0.3) is 0 Å². The molecule has 0 spiro atoms. The summed E-state index contributed by atoms with van der Waals surface area (Å²) in [6.07, 6.45) is 1.19. The van der Waals surface area contributed by atoms with Crippen LogP contribution in [-0.2, 0) is 9.84 Å². The van der Waals surface area contributed by atoms with Gasteiger partial charge in [-0.05, 0) is 32.0 Å².